The van der Waals surface area contributed by atoms with E-state index in [1.54, 1.807) is 0 Å². The first-order chi connectivity index (χ1) is 5.54. The van der Waals surface area contributed by atoms with Crippen LogP contribution < -0.4 is 16.8 Å². The summed E-state index contributed by atoms with van der Waals surface area (Å²) in [6.45, 7) is 0.482. The van der Waals surface area contributed by atoms with Crippen LogP contribution in [0.25, 0.3) is 0 Å². The zero-order valence-corrected chi connectivity index (χ0v) is 6.71. The Morgan fingerprint density at radius 2 is 2.07 bits per heavy atom. The molecule has 1 unspecified atom stereocenters. The summed E-state index contributed by atoms with van der Waals surface area (Å²) < 4.78 is 0. The number of nitrogens with one attached hydrogen (secondary N) is 2. The maximum absolute atomic E-state index is 10.2. The molecule has 0 spiro atoms. The molecule has 0 amide bonds. The van der Waals surface area contributed by atoms with Gasteiger partial charge < -0.3 is 21.9 Å². The van der Waals surface area contributed by atoms with Gasteiger partial charge in [0, 0.05) is 6.54 Å². The summed E-state index contributed by atoms with van der Waals surface area (Å²) in [6.07, 6.45) is 0.975. The van der Waals surface area contributed by atoms with Crippen molar-refractivity contribution in [2.75, 3.05) is 6.54 Å². The predicted molar refractivity (Wildman–Crippen MR) is 59.1 cm³/mol. The van der Waals surface area contributed by atoms with Crippen molar-refractivity contribution in [1.82, 2.24) is 5.32 Å². The molecular weight excluding hydrogens is 222 g/mol. The van der Waals surface area contributed by atoms with Crippen molar-refractivity contribution in [3.05, 3.63) is 0 Å². The molecule has 74 valence electrons. The zero-order chi connectivity index (χ0) is 9.56. The first-order valence-electron chi connectivity index (χ1n) is 3.60. The second-order valence-electron chi connectivity index (χ2n) is 2.43. The Balaban J connectivity index is -0.000000605. The van der Waals surface area contributed by atoms with Crippen LogP contribution in [0.4, 0.5) is 0 Å². The van der Waals surface area contributed by atoms with E-state index in [0.717, 1.165) is 0 Å². The van der Waals surface area contributed by atoms with Gasteiger partial charge in [-0.2, -0.15) is 0 Å². The molecule has 0 aliphatic carbocycles. The van der Waals surface area contributed by atoms with E-state index in [0.29, 0.717) is 19.4 Å². The van der Waals surface area contributed by atoms with Crippen molar-refractivity contribution < 1.29 is 9.90 Å². The number of rotatable bonds is 5. The Morgan fingerprint density at radius 1 is 1.57 bits per heavy atom. The van der Waals surface area contributed by atoms with Gasteiger partial charge in [0.05, 0.1) is 0 Å². The number of carboxylic acid groups (broad SMARTS) is 1. The van der Waals surface area contributed by atoms with E-state index in [-0.39, 0.29) is 86.9 Å². The number of hydrogen-bond donors (Lipinski definition) is 5. The van der Waals surface area contributed by atoms with Crippen molar-refractivity contribution in [2.45, 2.75) is 18.9 Å². The summed E-state index contributed by atoms with van der Waals surface area (Å²) in [5.74, 6) is -1.11. The van der Waals surface area contributed by atoms with Gasteiger partial charge in [0.1, 0.15) is 6.04 Å². The van der Waals surface area contributed by atoms with E-state index in [9.17, 15) is 4.79 Å². The standard InChI is InChI=1S/C6H14N4O2.K.Na.2H/c7-4(5(11)12)2-1-3-10-6(8)9;;;;/h4H,1-3,7H2,(H,11,12)(H4,8,9,10);;;;. The quantitative estimate of drug-likeness (QED) is 0.155. The van der Waals surface area contributed by atoms with E-state index in [4.69, 9.17) is 22.0 Å². The first kappa shape index (κ1) is 20.7. The van der Waals surface area contributed by atoms with Gasteiger partial charge in [0.15, 0.2) is 5.96 Å². The summed E-state index contributed by atoms with van der Waals surface area (Å²) >= 11 is 0. The number of carboxylic acids is 1. The van der Waals surface area contributed by atoms with Crippen LogP contribution in [-0.2, 0) is 4.79 Å². The van der Waals surface area contributed by atoms with Gasteiger partial charge in [0.25, 0.3) is 0 Å². The van der Waals surface area contributed by atoms with Crippen LogP contribution in [0.5, 0.6) is 0 Å². The fourth-order valence-electron chi connectivity index (χ4n) is 0.669. The van der Waals surface area contributed by atoms with Gasteiger partial charge in [-0.05, 0) is 12.8 Å². The minimum absolute atomic E-state index is 0. The molecule has 8 heteroatoms. The Morgan fingerprint density at radius 3 is 2.43 bits per heavy atom. The molecule has 0 aromatic carbocycles. The fraction of sp³-hybridized carbons (Fsp3) is 0.667. The van der Waals surface area contributed by atoms with Crippen LogP contribution in [0.15, 0.2) is 0 Å². The van der Waals surface area contributed by atoms with Crippen LogP contribution in [0, 0.1) is 5.41 Å². The zero-order valence-electron chi connectivity index (χ0n) is 6.71. The molecule has 0 aromatic heterocycles. The number of carbonyl (C=O) groups is 1. The molecule has 0 rings (SSSR count). The average Bonchev–Trinajstić information content (AvgIpc) is 1.97. The third-order valence-corrected chi connectivity index (χ3v) is 1.32. The van der Waals surface area contributed by atoms with Crippen molar-refractivity contribution in [1.29, 1.82) is 5.41 Å². The molecule has 7 N–H and O–H groups in total. The predicted octanol–water partition coefficient (Wildman–Crippen LogP) is -2.64. The molecule has 0 fully saturated rings. The van der Waals surface area contributed by atoms with Crippen LogP contribution >= 0.6 is 0 Å². The summed E-state index contributed by atoms with van der Waals surface area (Å²) in [6, 6.07) is -0.821. The fourth-order valence-corrected chi connectivity index (χ4v) is 0.669. The second-order valence-corrected chi connectivity index (χ2v) is 2.43. The molecule has 1 atom stereocenters. The molecule has 6 nitrogen and oxygen atoms in total. The summed E-state index contributed by atoms with van der Waals surface area (Å²) in [7, 11) is 0. The molecule has 0 aliphatic rings. The normalized spacial score (nSPS) is 10.4. The number of nitrogens with two attached hydrogens (primary N) is 2. The second kappa shape index (κ2) is 12.4. The van der Waals surface area contributed by atoms with Crippen molar-refractivity contribution >= 4 is 92.9 Å². The number of hydrogen-bond acceptors (Lipinski definition) is 3. The van der Waals surface area contributed by atoms with E-state index < -0.39 is 12.0 Å². The maximum atomic E-state index is 10.2. The average molecular weight is 238 g/mol. The van der Waals surface area contributed by atoms with E-state index >= 15 is 0 Å². The van der Waals surface area contributed by atoms with E-state index in [1.807, 2.05) is 0 Å². The van der Waals surface area contributed by atoms with Crippen LogP contribution in [0.2, 0.25) is 0 Å². The molecule has 0 saturated heterocycles. The summed E-state index contributed by atoms with van der Waals surface area (Å²) in [5, 5.41) is 17.7. The van der Waals surface area contributed by atoms with Crippen LogP contribution in [0.3, 0.4) is 0 Å². The first-order valence-corrected chi connectivity index (χ1v) is 3.60. The molecule has 0 aromatic rings. The van der Waals surface area contributed by atoms with Crippen molar-refractivity contribution in [3.63, 3.8) is 0 Å². The molecule has 14 heavy (non-hydrogen) atoms. The molecular formula is C6H16KN4NaO2. The van der Waals surface area contributed by atoms with Crippen molar-refractivity contribution in [2.24, 2.45) is 11.5 Å². The topological polar surface area (TPSA) is 125 Å². The van der Waals surface area contributed by atoms with Crippen LogP contribution in [-0.4, -0.2) is 111 Å². The number of aliphatic carboxylic acids is 1. The Hall–Kier alpha value is 1.34. The van der Waals surface area contributed by atoms with Crippen LogP contribution in [0.1, 0.15) is 12.8 Å². The van der Waals surface area contributed by atoms with Crippen molar-refractivity contribution in [3.8, 4) is 0 Å². The number of guanidine groups is 1. The monoisotopic (exact) mass is 238 g/mol. The van der Waals surface area contributed by atoms with Gasteiger partial charge in [-0.15, -0.1) is 0 Å². The van der Waals surface area contributed by atoms with Gasteiger partial charge in [0.2, 0.25) is 0 Å². The van der Waals surface area contributed by atoms with E-state index in [1.165, 1.54) is 0 Å². The van der Waals surface area contributed by atoms with E-state index in [2.05, 4.69) is 5.32 Å². The van der Waals surface area contributed by atoms with Gasteiger partial charge in [-0.3, -0.25) is 10.2 Å². The van der Waals surface area contributed by atoms with Gasteiger partial charge in [-0.1, -0.05) is 0 Å². The Bertz CT molecular complexity index is 181. The third kappa shape index (κ3) is 13.3. The molecule has 0 saturated carbocycles. The SMILES string of the molecule is N=C(N)NCCCC(N)C(=O)O.[KH].[NaH]. The minimum atomic E-state index is -1.00. The van der Waals surface area contributed by atoms with Gasteiger partial charge >= 0.3 is 86.9 Å². The molecule has 0 aliphatic heterocycles. The third-order valence-electron chi connectivity index (χ3n) is 1.32. The molecule has 0 bridgehead atoms. The Kier molecular flexibility index (Phi) is 18.4. The Labute approximate surface area is 148 Å². The van der Waals surface area contributed by atoms with Gasteiger partial charge in [-0.25, -0.2) is 0 Å². The summed E-state index contributed by atoms with van der Waals surface area (Å²) in [4.78, 5) is 10.2. The molecule has 0 heterocycles. The summed E-state index contributed by atoms with van der Waals surface area (Å²) in [5.41, 5.74) is 10.2. The molecule has 0 radical (unpaired) electrons.